The Morgan fingerprint density at radius 2 is 2.06 bits per heavy atom. The van der Waals surface area contributed by atoms with Crippen molar-refractivity contribution < 1.29 is 14.3 Å². The van der Waals surface area contributed by atoms with Crippen molar-refractivity contribution in [3.05, 3.63) is 65.9 Å². The van der Waals surface area contributed by atoms with Gasteiger partial charge in [-0.25, -0.2) is 0 Å². The summed E-state index contributed by atoms with van der Waals surface area (Å²) in [6.45, 7) is 7.55. The van der Waals surface area contributed by atoms with Crippen LogP contribution in [0.25, 0.3) is 0 Å². The molecule has 4 rings (SSSR count). The molecule has 0 radical (unpaired) electrons. The molecule has 1 saturated heterocycles. The first-order valence-corrected chi connectivity index (χ1v) is 12.6. The third-order valence-electron chi connectivity index (χ3n) is 6.01. The number of ether oxygens (including phenoxy) is 1. The minimum atomic E-state index is -0.474. The second-order valence-electron chi connectivity index (χ2n) is 8.54. The van der Waals surface area contributed by atoms with E-state index < -0.39 is 5.60 Å². The van der Waals surface area contributed by atoms with E-state index >= 15 is 0 Å². The molecule has 1 aromatic carbocycles. The first kappa shape index (κ1) is 22.2. The van der Waals surface area contributed by atoms with E-state index in [0.717, 1.165) is 23.4 Å². The van der Waals surface area contributed by atoms with E-state index in [1.165, 1.54) is 12.8 Å². The van der Waals surface area contributed by atoms with Gasteiger partial charge in [-0.05, 0) is 31.2 Å². The van der Waals surface area contributed by atoms with Crippen molar-refractivity contribution in [1.82, 2.24) is 17.6 Å². The van der Waals surface area contributed by atoms with E-state index in [1.54, 1.807) is 17.4 Å². The monoisotopic (exact) mass is 612 g/mol. The molecule has 2 fully saturated rings. The van der Waals surface area contributed by atoms with E-state index in [4.69, 9.17) is 4.74 Å². The molecule has 1 aliphatic carbocycles. The van der Waals surface area contributed by atoms with Crippen LogP contribution in [0.15, 0.2) is 49.1 Å². The summed E-state index contributed by atoms with van der Waals surface area (Å²) in [5, 5.41) is 2.67. The predicted octanol–water partition coefficient (Wildman–Crippen LogP) is 1.85. The van der Waals surface area contributed by atoms with Gasteiger partial charge in [0.25, 0.3) is 0 Å². The fourth-order valence-electron chi connectivity index (χ4n) is 3.94. The summed E-state index contributed by atoms with van der Waals surface area (Å²) >= 11 is 0.615. The number of imidazole rings is 1. The van der Waals surface area contributed by atoms with Crippen molar-refractivity contribution in [2.45, 2.75) is 38.2 Å². The average Bonchev–Trinajstić information content (AvgIpc) is 3.46. The summed E-state index contributed by atoms with van der Waals surface area (Å²) in [6, 6.07) is 8.19. The van der Waals surface area contributed by atoms with Gasteiger partial charge in [0.1, 0.15) is 0 Å². The number of likely N-dealkylation sites (tertiary alicyclic amines) is 1. The van der Waals surface area contributed by atoms with Crippen LogP contribution in [0.3, 0.4) is 0 Å². The number of nitrogens with zero attached hydrogens (tertiary/aromatic N) is 3. The SMILES string of the molecule is C=C(NC(=O)CCc1cnc[n]1[Tl])C(=O)N1CC(OCC2CC2)(c2ccccc2C)C1. The number of carbonyl (C=O) groups excluding carboxylic acids is 2. The maximum atomic E-state index is 12.9. The van der Waals surface area contributed by atoms with Crippen LogP contribution in [-0.4, -0.2) is 69.8 Å². The van der Waals surface area contributed by atoms with Crippen molar-refractivity contribution in [2.75, 3.05) is 19.7 Å². The van der Waals surface area contributed by atoms with Crippen LogP contribution in [0.5, 0.6) is 0 Å². The second-order valence-corrected chi connectivity index (χ2v) is 10.7. The summed E-state index contributed by atoms with van der Waals surface area (Å²) in [4.78, 5) is 30.9. The molecule has 2 amide bonds. The summed E-state index contributed by atoms with van der Waals surface area (Å²) in [6.07, 6.45) is 6.88. The Balaban J connectivity index is 1.33. The topological polar surface area (TPSA) is 76.5 Å². The third-order valence-corrected chi connectivity index (χ3v) is 7.82. The Labute approximate surface area is 199 Å². The molecule has 2 aromatic rings. The number of carbonyl (C=O) groups is 2. The van der Waals surface area contributed by atoms with Crippen molar-refractivity contribution in [2.24, 2.45) is 5.92 Å². The van der Waals surface area contributed by atoms with Gasteiger partial charge in [-0.1, -0.05) is 24.3 Å². The number of hydrogen-bond acceptors (Lipinski definition) is 4. The minimum absolute atomic E-state index is 0.117. The van der Waals surface area contributed by atoms with Gasteiger partial charge < -0.3 is 0 Å². The first-order chi connectivity index (χ1) is 14.9. The summed E-state index contributed by atoms with van der Waals surface area (Å²) < 4.78 is 8.42. The quantitative estimate of drug-likeness (QED) is 0.347. The summed E-state index contributed by atoms with van der Waals surface area (Å²) in [5.74, 6) is 0.185. The van der Waals surface area contributed by atoms with Gasteiger partial charge in [-0.2, -0.15) is 0 Å². The van der Waals surface area contributed by atoms with Gasteiger partial charge in [0.05, 0.1) is 6.61 Å². The number of nitrogens with one attached hydrogen (secondary N) is 1. The molecule has 0 spiro atoms. The normalized spacial score (nSPS) is 17.1. The number of benzene rings is 1. The third kappa shape index (κ3) is 5.08. The molecule has 0 unspecified atom stereocenters. The Bertz CT molecular complexity index is 992. The molecule has 2 heterocycles. The number of amides is 2. The number of hydrogen-bond donors (Lipinski definition) is 1. The molecule has 7 nitrogen and oxygen atoms in total. The molecular formula is C23H27N4O3Tl. The zero-order valence-corrected chi connectivity index (χ0v) is 22.3. The van der Waals surface area contributed by atoms with Crippen LogP contribution in [0.1, 0.15) is 36.1 Å². The zero-order chi connectivity index (χ0) is 22.0. The van der Waals surface area contributed by atoms with Gasteiger partial charge in [0, 0.05) is 0 Å². The van der Waals surface area contributed by atoms with Crippen molar-refractivity contribution in [3.8, 4) is 0 Å². The number of aryl methyl sites for hydroxylation is 2. The average molecular weight is 612 g/mol. The number of rotatable bonds is 9. The molecule has 8 heteroatoms. The van der Waals surface area contributed by atoms with Gasteiger partial charge in [0.2, 0.25) is 0 Å². The molecule has 1 aromatic heterocycles. The van der Waals surface area contributed by atoms with Crippen molar-refractivity contribution >= 4 is 37.9 Å². The van der Waals surface area contributed by atoms with Crippen LogP contribution in [0.2, 0.25) is 0 Å². The van der Waals surface area contributed by atoms with E-state index in [2.05, 4.69) is 35.9 Å². The molecule has 0 atom stereocenters. The predicted molar refractivity (Wildman–Crippen MR) is 117 cm³/mol. The first-order valence-electron chi connectivity index (χ1n) is 10.6. The molecule has 31 heavy (non-hydrogen) atoms. The number of aromatic nitrogens is 2. The van der Waals surface area contributed by atoms with E-state index in [0.29, 0.717) is 57.9 Å². The van der Waals surface area contributed by atoms with Crippen LogP contribution in [0.4, 0.5) is 0 Å². The van der Waals surface area contributed by atoms with Crippen molar-refractivity contribution in [1.29, 1.82) is 0 Å². The molecule has 1 N–H and O–H groups in total. The second kappa shape index (κ2) is 9.24. The Hall–Kier alpha value is -2.01. The van der Waals surface area contributed by atoms with Gasteiger partial charge in [-0.15, -0.1) is 0 Å². The summed E-state index contributed by atoms with van der Waals surface area (Å²) in [5.41, 5.74) is 2.98. The van der Waals surface area contributed by atoms with E-state index in [-0.39, 0.29) is 17.5 Å². The fraction of sp³-hybridized carbons (Fsp3) is 0.435. The molecular weight excluding hydrogens is 585 g/mol. The van der Waals surface area contributed by atoms with Crippen LogP contribution in [-0.2, 0) is 26.3 Å². The van der Waals surface area contributed by atoms with Crippen LogP contribution in [0, 0.1) is 12.8 Å². The molecule has 160 valence electrons. The summed E-state index contributed by atoms with van der Waals surface area (Å²) in [7, 11) is 0. The Morgan fingerprint density at radius 1 is 1.32 bits per heavy atom. The Kier molecular flexibility index (Phi) is 6.61. The maximum absolute atomic E-state index is 12.9. The zero-order valence-electron chi connectivity index (χ0n) is 17.8. The van der Waals surface area contributed by atoms with Crippen LogP contribution < -0.4 is 5.32 Å². The molecule has 0 bridgehead atoms. The molecule has 1 saturated carbocycles. The van der Waals surface area contributed by atoms with E-state index in [9.17, 15) is 9.59 Å². The molecule has 2 aliphatic rings. The van der Waals surface area contributed by atoms with Crippen molar-refractivity contribution in [3.63, 3.8) is 0 Å². The fourth-order valence-corrected chi connectivity index (χ4v) is 5.00. The van der Waals surface area contributed by atoms with Crippen LogP contribution >= 0.6 is 0 Å². The Morgan fingerprint density at radius 3 is 2.71 bits per heavy atom. The van der Waals surface area contributed by atoms with Gasteiger partial charge in [0.15, 0.2) is 0 Å². The van der Waals surface area contributed by atoms with E-state index in [1.807, 2.05) is 14.5 Å². The molecule has 1 aliphatic heterocycles. The standard InChI is InChI=1S/C23H28N4O3.Tl/c1-16-5-3-4-6-20(16)23(30-12-18-7-8-18)13-27(14-23)22(29)17(2)26-21(28)10-9-19-11-24-15-25-19;/h3-6,11,15,18H,2,7-10,12-14H2,1H3,(H2,24,25,26,28);/q;+1/p-1. The van der Waals surface area contributed by atoms with Gasteiger partial charge >= 0.3 is 137 Å². The van der Waals surface area contributed by atoms with Gasteiger partial charge in [-0.3, -0.25) is 0 Å².